The molecule has 0 spiro atoms. The summed E-state index contributed by atoms with van der Waals surface area (Å²) in [6.07, 6.45) is 1.47. The number of amides is 2. The lowest BCUT2D eigenvalue weighted by atomic mass is 9.88. The van der Waals surface area contributed by atoms with Gasteiger partial charge < -0.3 is 22.1 Å². The average Bonchev–Trinajstić information content (AvgIpc) is 2.98. The molecule has 1 aliphatic rings. The predicted octanol–water partition coefficient (Wildman–Crippen LogP) is 0.495. The van der Waals surface area contributed by atoms with Crippen molar-refractivity contribution in [3.63, 3.8) is 0 Å². The summed E-state index contributed by atoms with van der Waals surface area (Å²) in [7, 11) is 0. The summed E-state index contributed by atoms with van der Waals surface area (Å²) in [5, 5.41) is 9.04. The Bertz CT molecular complexity index is 752. The SMILES string of the molecule is NC(=O)[C@@H](Cc1csc2ccccc12)NC(=O)C1(N)CCNCC1. The first-order valence-electron chi connectivity index (χ1n) is 8.04. The number of primary amides is 1. The lowest BCUT2D eigenvalue weighted by molar-refractivity contribution is -0.131. The molecule has 2 aromatic rings. The molecule has 128 valence electrons. The predicted molar refractivity (Wildman–Crippen MR) is 95.7 cm³/mol. The van der Waals surface area contributed by atoms with Crippen LogP contribution in [0.25, 0.3) is 10.1 Å². The van der Waals surface area contributed by atoms with Crippen LogP contribution in [0.1, 0.15) is 18.4 Å². The molecular formula is C17H22N4O2S. The smallest absolute Gasteiger partial charge is 0.240 e. The zero-order valence-electron chi connectivity index (χ0n) is 13.4. The first-order valence-corrected chi connectivity index (χ1v) is 8.92. The molecule has 2 amide bonds. The molecule has 3 rings (SSSR count). The van der Waals surface area contributed by atoms with Gasteiger partial charge in [0.15, 0.2) is 0 Å². The lowest BCUT2D eigenvalue weighted by Gasteiger charge is -2.33. The first kappa shape index (κ1) is 16.9. The highest BCUT2D eigenvalue weighted by atomic mass is 32.1. The van der Waals surface area contributed by atoms with E-state index in [0.29, 0.717) is 32.4 Å². The van der Waals surface area contributed by atoms with E-state index in [4.69, 9.17) is 11.5 Å². The summed E-state index contributed by atoms with van der Waals surface area (Å²) in [4.78, 5) is 24.4. The van der Waals surface area contributed by atoms with Crippen LogP contribution < -0.4 is 22.1 Å². The van der Waals surface area contributed by atoms with Gasteiger partial charge in [0.1, 0.15) is 6.04 Å². The molecule has 6 nitrogen and oxygen atoms in total. The Labute approximate surface area is 144 Å². The zero-order valence-corrected chi connectivity index (χ0v) is 14.2. The Hall–Kier alpha value is -1.96. The quantitative estimate of drug-likeness (QED) is 0.632. The van der Waals surface area contributed by atoms with E-state index < -0.39 is 17.5 Å². The van der Waals surface area contributed by atoms with Crippen LogP contribution >= 0.6 is 11.3 Å². The van der Waals surface area contributed by atoms with Gasteiger partial charge in [0.2, 0.25) is 11.8 Å². The normalized spacial score (nSPS) is 18.2. The van der Waals surface area contributed by atoms with Crippen LogP contribution in [-0.4, -0.2) is 36.5 Å². The van der Waals surface area contributed by atoms with Crippen molar-refractivity contribution in [1.29, 1.82) is 0 Å². The van der Waals surface area contributed by atoms with E-state index >= 15 is 0 Å². The summed E-state index contributed by atoms with van der Waals surface area (Å²) < 4.78 is 1.15. The zero-order chi connectivity index (χ0) is 17.2. The molecule has 2 heterocycles. The number of hydrogen-bond acceptors (Lipinski definition) is 5. The van der Waals surface area contributed by atoms with Gasteiger partial charge in [-0.15, -0.1) is 11.3 Å². The monoisotopic (exact) mass is 346 g/mol. The summed E-state index contributed by atoms with van der Waals surface area (Å²) in [5.74, 6) is -0.844. The van der Waals surface area contributed by atoms with Crippen molar-refractivity contribution >= 4 is 33.2 Å². The van der Waals surface area contributed by atoms with Gasteiger partial charge in [-0.1, -0.05) is 18.2 Å². The van der Waals surface area contributed by atoms with Crippen LogP contribution in [-0.2, 0) is 16.0 Å². The maximum atomic E-state index is 12.6. The average molecular weight is 346 g/mol. The molecular weight excluding hydrogens is 324 g/mol. The maximum absolute atomic E-state index is 12.6. The van der Waals surface area contributed by atoms with Crippen molar-refractivity contribution in [2.24, 2.45) is 11.5 Å². The number of piperidine rings is 1. The van der Waals surface area contributed by atoms with Crippen molar-refractivity contribution in [2.75, 3.05) is 13.1 Å². The number of nitrogens with two attached hydrogens (primary N) is 2. The van der Waals surface area contributed by atoms with Gasteiger partial charge in [-0.3, -0.25) is 9.59 Å². The minimum Gasteiger partial charge on any atom is -0.368 e. The number of hydrogen-bond donors (Lipinski definition) is 4. The second kappa shape index (κ2) is 6.88. The first-order chi connectivity index (χ1) is 11.5. The van der Waals surface area contributed by atoms with Gasteiger partial charge in [-0.2, -0.15) is 0 Å². The van der Waals surface area contributed by atoms with Crippen LogP contribution in [0.4, 0.5) is 0 Å². The third kappa shape index (κ3) is 3.43. The fourth-order valence-corrected chi connectivity index (χ4v) is 4.01. The van der Waals surface area contributed by atoms with Gasteiger partial charge in [0.05, 0.1) is 5.54 Å². The van der Waals surface area contributed by atoms with Crippen molar-refractivity contribution in [3.8, 4) is 0 Å². The van der Waals surface area contributed by atoms with Crippen LogP contribution in [0.5, 0.6) is 0 Å². The minimum absolute atomic E-state index is 0.299. The number of fused-ring (bicyclic) bond motifs is 1. The molecule has 7 heteroatoms. The minimum atomic E-state index is -0.935. The van der Waals surface area contributed by atoms with E-state index in [1.54, 1.807) is 11.3 Å². The van der Waals surface area contributed by atoms with E-state index in [2.05, 4.69) is 10.6 Å². The molecule has 1 fully saturated rings. The molecule has 0 aliphatic carbocycles. The van der Waals surface area contributed by atoms with E-state index in [1.165, 1.54) is 0 Å². The van der Waals surface area contributed by atoms with Gasteiger partial charge in [-0.05, 0) is 48.3 Å². The standard InChI is InChI=1S/C17H22N4O2S/c18-15(22)13(21-16(23)17(19)5-7-20-8-6-17)9-11-10-24-14-4-2-1-3-12(11)14/h1-4,10,13,20H,5-9,19H2,(H2,18,22)(H,21,23)/t13-/m1/s1. The van der Waals surface area contributed by atoms with Crippen LogP contribution in [0.3, 0.4) is 0 Å². The van der Waals surface area contributed by atoms with E-state index in [9.17, 15) is 9.59 Å². The van der Waals surface area contributed by atoms with Crippen LogP contribution in [0.15, 0.2) is 29.6 Å². The summed E-state index contributed by atoms with van der Waals surface area (Å²) in [6, 6.07) is 7.22. The molecule has 1 saturated heterocycles. The van der Waals surface area contributed by atoms with Crippen molar-refractivity contribution in [3.05, 3.63) is 35.2 Å². The fourth-order valence-electron chi connectivity index (χ4n) is 3.04. The highest BCUT2D eigenvalue weighted by Gasteiger charge is 2.37. The highest BCUT2D eigenvalue weighted by molar-refractivity contribution is 7.17. The molecule has 0 bridgehead atoms. The highest BCUT2D eigenvalue weighted by Crippen LogP contribution is 2.26. The number of benzene rings is 1. The number of carbonyl (C=O) groups is 2. The topological polar surface area (TPSA) is 110 Å². The Morgan fingerprint density at radius 1 is 1.29 bits per heavy atom. The van der Waals surface area contributed by atoms with Gasteiger partial charge >= 0.3 is 0 Å². The summed E-state index contributed by atoms with van der Waals surface area (Å²) >= 11 is 1.62. The summed E-state index contributed by atoms with van der Waals surface area (Å²) in [6.45, 7) is 1.39. The third-order valence-electron chi connectivity index (χ3n) is 4.58. The number of carbonyl (C=O) groups excluding carboxylic acids is 2. The number of rotatable bonds is 5. The number of nitrogens with one attached hydrogen (secondary N) is 2. The molecule has 6 N–H and O–H groups in total. The second-order valence-electron chi connectivity index (χ2n) is 6.30. The van der Waals surface area contributed by atoms with Crippen LogP contribution in [0.2, 0.25) is 0 Å². The Kier molecular flexibility index (Phi) is 4.84. The van der Waals surface area contributed by atoms with Crippen molar-refractivity contribution in [2.45, 2.75) is 30.8 Å². The lowest BCUT2D eigenvalue weighted by Crippen LogP contribution is -2.62. The Morgan fingerprint density at radius 3 is 2.71 bits per heavy atom. The van der Waals surface area contributed by atoms with Crippen molar-refractivity contribution < 1.29 is 9.59 Å². The van der Waals surface area contributed by atoms with Crippen LogP contribution in [0, 0.1) is 0 Å². The molecule has 0 radical (unpaired) electrons. The van der Waals surface area contributed by atoms with Gasteiger partial charge in [0.25, 0.3) is 0 Å². The molecule has 1 atom stereocenters. The third-order valence-corrected chi connectivity index (χ3v) is 5.59. The largest absolute Gasteiger partial charge is 0.368 e. The second-order valence-corrected chi connectivity index (χ2v) is 7.21. The maximum Gasteiger partial charge on any atom is 0.240 e. The van der Waals surface area contributed by atoms with E-state index in [0.717, 1.165) is 15.6 Å². The molecule has 1 aromatic carbocycles. The van der Waals surface area contributed by atoms with E-state index in [-0.39, 0.29) is 5.91 Å². The molecule has 0 unspecified atom stereocenters. The molecule has 1 aromatic heterocycles. The summed E-state index contributed by atoms with van der Waals surface area (Å²) in [5.41, 5.74) is 11.8. The Morgan fingerprint density at radius 2 is 2.00 bits per heavy atom. The van der Waals surface area contributed by atoms with Crippen molar-refractivity contribution in [1.82, 2.24) is 10.6 Å². The van der Waals surface area contributed by atoms with Gasteiger partial charge in [0, 0.05) is 11.1 Å². The molecule has 0 saturated carbocycles. The molecule has 24 heavy (non-hydrogen) atoms. The molecule has 1 aliphatic heterocycles. The fraction of sp³-hybridized carbons (Fsp3) is 0.412. The van der Waals surface area contributed by atoms with E-state index in [1.807, 2.05) is 29.6 Å². The van der Waals surface area contributed by atoms with Gasteiger partial charge in [-0.25, -0.2) is 0 Å². The Balaban J connectivity index is 1.75. The number of thiophene rings is 1.